The Bertz CT molecular complexity index is 783. The number of carbonyl (C=O) groups is 1. The zero-order valence-corrected chi connectivity index (χ0v) is 12.6. The van der Waals surface area contributed by atoms with Gasteiger partial charge >= 0.3 is 5.97 Å². The van der Waals surface area contributed by atoms with Crippen LogP contribution in [0.25, 0.3) is 10.8 Å². The van der Waals surface area contributed by atoms with E-state index in [0.29, 0.717) is 5.39 Å². The first-order chi connectivity index (χ1) is 9.78. The molecule has 0 aliphatic carbocycles. The van der Waals surface area contributed by atoms with Crippen LogP contribution in [0.5, 0.6) is 0 Å². The summed E-state index contributed by atoms with van der Waals surface area (Å²) in [6.07, 6.45) is 1.19. The predicted octanol–water partition coefficient (Wildman–Crippen LogP) is 2.38. The topological polar surface area (TPSA) is 83.5 Å². The third kappa shape index (κ3) is 3.72. The van der Waals surface area contributed by atoms with Crippen LogP contribution >= 0.6 is 0 Å². The number of sulfone groups is 1. The molecule has 0 heterocycles. The van der Waals surface area contributed by atoms with Gasteiger partial charge in [0.2, 0.25) is 0 Å². The van der Waals surface area contributed by atoms with Gasteiger partial charge < -0.3 is 10.4 Å². The fourth-order valence-corrected chi connectivity index (χ4v) is 3.36. The van der Waals surface area contributed by atoms with E-state index in [-0.39, 0.29) is 17.4 Å². The van der Waals surface area contributed by atoms with Crippen molar-refractivity contribution in [1.29, 1.82) is 0 Å². The van der Waals surface area contributed by atoms with Crippen LogP contribution < -0.4 is 5.32 Å². The zero-order valence-electron chi connectivity index (χ0n) is 11.8. The van der Waals surface area contributed by atoms with Crippen molar-refractivity contribution >= 4 is 32.3 Å². The van der Waals surface area contributed by atoms with Crippen molar-refractivity contribution < 1.29 is 18.3 Å². The van der Waals surface area contributed by atoms with Crippen molar-refractivity contribution in [2.45, 2.75) is 13.0 Å². The van der Waals surface area contributed by atoms with Gasteiger partial charge in [0.15, 0.2) is 0 Å². The van der Waals surface area contributed by atoms with Gasteiger partial charge in [-0.25, -0.2) is 13.2 Å². The molecular formula is C15H17NO4S. The maximum absolute atomic E-state index is 11.3. The van der Waals surface area contributed by atoms with Crippen LogP contribution in [0.1, 0.15) is 17.3 Å². The van der Waals surface area contributed by atoms with E-state index in [1.54, 1.807) is 25.1 Å². The molecule has 21 heavy (non-hydrogen) atoms. The van der Waals surface area contributed by atoms with E-state index in [0.717, 1.165) is 11.1 Å². The highest BCUT2D eigenvalue weighted by molar-refractivity contribution is 7.90. The van der Waals surface area contributed by atoms with Crippen LogP contribution in [0, 0.1) is 0 Å². The Morgan fingerprint density at radius 3 is 2.38 bits per heavy atom. The smallest absolute Gasteiger partial charge is 0.336 e. The summed E-state index contributed by atoms with van der Waals surface area (Å²) in [5.41, 5.74) is 0.957. The molecule has 2 N–H and O–H groups in total. The van der Waals surface area contributed by atoms with Crippen molar-refractivity contribution in [3.05, 3.63) is 42.0 Å². The highest BCUT2D eigenvalue weighted by atomic mass is 32.2. The van der Waals surface area contributed by atoms with Gasteiger partial charge in [0.05, 0.1) is 11.3 Å². The molecule has 2 rings (SSSR count). The van der Waals surface area contributed by atoms with E-state index in [9.17, 15) is 18.3 Å². The van der Waals surface area contributed by atoms with E-state index < -0.39 is 15.8 Å². The van der Waals surface area contributed by atoms with E-state index in [4.69, 9.17) is 0 Å². The van der Waals surface area contributed by atoms with Crippen molar-refractivity contribution in [3.8, 4) is 0 Å². The summed E-state index contributed by atoms with van der Waals surface area (Å²) >= 11 is 0. The molecule has 112 valence electrons. The summed E-state index contributed by atoms with van der Waals surface area (Å²) in [7, 11) is -3.07. The average Bonchev–Trinajstić information content (AvgIpc) is 2.36. The molecule has 0 radical (unpaired) electrons. The van der Waals surface area contributed by atoms with Gasteiger partial charge in [0.25, 0.3) is 0 Å². The quantitative estimate of drug-likeness (QED) is 0.886. The normalized spacial score (nSPS) is 13.0. The van der Waals surface area contributed by atoms with Crippen LogP contribution in [-0.4, -0.2) is 37.5 Å². The number of carboxylic acids is 1. The van der Waals surface area contributed by atoms with Crippen molar-refractivity contribution in [2.24, 2.45) is 0 Å². The minimum atomic E-state index is -3.07. The lowest BCUT2D eigenvalue weighted by molar-refractivity contribution is 0.0699. The van der Waals surface area contributed by atoms with Crippen LogP contribution in [-0.2, 0) is 9.84 Å². The number of hydrogen-bond acceptors (Lipinski definition) is 4. The summed E-state index contributed by atoms with van der Waals surface area (Å²) in [4.78, 5) is 11.2. The van der Waals surface area contributed by atoms with E-state index >= 15 is 0 Å². The lowest BCUT2D eigenvalue weighted by Gasteiger charge is -2.17. The van der Waals surface area contributed by atoms with E-state index in [1.807, 2.05) is 12.1 Å². The number of carboxylic acid groups (broad SMARTS) is 1. The monoisotopic (exact) mass is 307 g/mol. The largest absolute Gasteiger partial charge is 0.478 e. The van der Waals surface area contributed by atoms with Crippen molar-refractivity contribution in [2.75, 3.05) is 17.3 Å². The fourth-order valence-electron chi connectivity index (χ4n) is 2.37. The molecule has 2 aromatic carbocycles. The van der Waals surface area contributed by atoms with Gasteiger partial charge in [-0.1, -0.05) is 24.3 Å². The Kier molecular flexibility index (Phi) is 4.18. The summed E-state index contributed by atoms with van der Waals surface area (Å²) in [6.45, 7) is 1.78. The molecule has 0 bridgehead atoms. The van der Waals surface area contributed by atoms with Gasteiger partial charge in [0, 0.05) is 23.4 Å². The Balaban J connectivity index is 2.42. The van der Waals surface area contributed by atoms with E-state index in [2.05, 4.69) is 5.32 Å². The molecule has 0 spiro atoms. The van der Waals surface area contributed by atoms with Gasteiger partial charge in [-0.3, -0.25) is 0 Å². The Hall–Kier alpha value is -2.08. The molecule has 1 unspecified atom stereocenters. The SMILES string of the molecule is CC(CS(C)(=O)=O)Nc1ccc(C(=O)O)c2ccccc12. The van der Waals surface area contributed by atoms with Crippen LogP contribution in [0.4, 0.5) is 5.69 Å². The molecule has 0 saturated carbocycles. The van der Waals surface area contributed by atoms with Crippen LogP contribution in [0.2, 0.25) is 0 Å². The standard InChI is InChI=1S/C15H17NO4S/c1-10(9-21(2,19)20)16-14-8-7-13(15(17)18)11-5-3-4-6-12(11)14/h3-8,10,16H,9H2,1-2H3,(H,17,18). The second-order valence-electron chi connectivity index (χ2n) is 5.15. The number of rotatable bonds is 5. The molecule has 0 amide bonds. The Morgan fingerprint density at radius 2 is 1.81 bits per heavy atom. The van der Waals surface area contributed by atoms with Gasteiger partial charge in [-0.05, 0) is 24.4 Å². The highest BCUT2D eigenvalue weighted by Crippen LogP contribution is 2.27. The van der Waals surface area contributed by atoms with Crippen LogP contribution in [0.3, 0.4) is 0 Å². The second-order valence-corrected chi connectivity index (χ2v) is 7.33. The third-order valence-electron chi connectivity index (χ3n) is 3.11. The lowest BCUT2D eigenvalue weighted by Crippen LogP contribution is -2.25. The molecular weight excluding hydrogens is 290 g/mol. The Morgan fingerprint density at radius 1 is 1.19 bits per heavy atom. The molecule has 0 aliphatic rings. The summed E-state index contributed by atoms with van der Waals surface area (Å²) in [5, 5.41) is 13.7. The first-order valence-corrected chi connectivity index (χ1v) is 8.53. The molecule has 1 atom stereocenters. The molecule has 6 heteroatoms. The first-order valence-electron chi connectivity index (χ1n) is 6.47. The fraction of sp³-hybridized carbons (Fsp3) is 0.267. The number of anilines is 1. The van der Waals surface area contributed by atoms with Crippen LogP contribution in [0.15, 0.2) is 36.4 Å². The Labute approximate surface area is 123 Å². The minimum Gasteiger partial charge on any atom is -0.478 e. The molecule has 2 aromatic rings. The van der Waals surface area contributed by atoms with Gasteiger partial charge in [-0.15, -0.1) is 0 Å². The molecule has 5 nitrogen and oxygen atoms in total. The maximum atomic E-state index is 11.3. The van der Waals surface area contributed by atoms with E-state index in [1.165, 1.54) is 12.3 Å². The predicted molar refractivity (Wildman–Crippen MR) is 83.7 cm³/mol. The number of fused-ring (bicyclic) bond motifs is 1. The summed E-state index contributed by atoms with van der Waals surface area (Å²) < 4.78 is 22.6. The van der Waals surface area contributed by atoms with Gasteiger partial charge in [0.1, 0.15) is 9.84 Å². The number of hydrogen-bond donors (Lipinski definition) is 2. The van der Waals surface area contributed by atoms with Gasteiger partial charge in [-0.2, -0.15) is 0 Å². The first kappa shape index (κ1) is 15.3. The summed E-state index contributed by atoms with van der Waals surface area (Å²) in [5.74, 6) is -0.968. The summed E-state index contributed by atoms with van der Waals surface area (Å²) in [6, 6.07) is 10.1. The average molecular weight is 307 g/mol. The zero-order chi connectivity index (χ0) is 15.6. The number of aromatic carboxylic acids is 1. The molecule has 0 fully saturated rings. The maximum Gasteiger partial charge on any atom is 0.336 e. The number of benzene rings is 2. The highest BCUT2D eigenvalue weighted by Gasteiger charge is 2.14. The molecule has 0 saturated heterocycles. The second kappa shape index (κ2) is 5.73. The third-order valence-corrected chi connectivity index (χ3v) is 4.21. The van der Waals surface area contributed by atoms with Crippen molar-refractivity contribution in [1.82, 2.24) is 0 Å². The number of nitrogens with one attached hydrogen (secondary N) is 1. The van der Waals surface area contributed by atoms with Crippen molar-refractivity contribution in [3.63, 3.8) is 0 Å². The molecule has 0 aliphatic heterocycles. The minimum absolute atomic E-state index is 0.0159. The molecule has 0 aromatic heterocycles. The lowest BCUT2D eigenvalue weighted by atomic mass is 10.0.